The summed E-state index contributed by atoms with van der Waals surface area (Å²) in [4.78, 5) is 13.6. The van der Waals surface area contributed by atoms with Crippen molar-refractivity contribution in [2.24, 2.45) is 11.8 Å². The van der Waals surface area contributed by atoms with Crippen LogP contribution in [0.25, 0.3) is 11.2 Å². The van der Waals surface area contributed by atoms with Gasteiger partial charge in [0.1, 0.15) is 0 Å². The summed E-state index contributed by atoms with van der Waals surface area (Å²) in [6.45, 7) is 3.94. The molecule has 0 aromatic carbocycles. The molecule has 2 saturated heterocycles. The second-order valence-electron chi connectivity index (χ2n) is 8.61. The Labute approximate surface area is 170 Å². The maximum absolute atomic E-state index is 6.26. The van der Waals surface area contributed by atoms with Crippen LogP contribution in [0.2, 0.25) is 5.28 Å². The van der Waals surface area contributed by atoms with Gasteiger partial charge in [0.2, 0.25) is 5.28 Å². The largest absolute Gasteiger partial charge is 0.381 e. The van der Waals surface area contributed by atoms with E-state index in [1.807, 2.05) is 6.33 Å². The smallest absolute Gasteiger partial charge is 0.226 e. The normalized spacial score (nSPS) is 25.1. The predicted octanol–water partition coefficient (Wildman–Crippen LogP) is 4.06. The number of anilines is 1. The first-order chi connectivity index (χ1) is 13.8. The van der Waals surface area contributed by atoms with Crippen molar-refractivity contribution in [2.45, 2.75) is 57.4 Å². The van der Waals surface area contributed by atoms with E-state index in [4.69, 9.17) is 16.3 Å². The summed E-state index contributed by atoms with van der Waals surface area (Å²) in [6.07, 6.45) is 11.8. The van der Waals surface area contributed by atoms with Gasteiger partial charge in [-0.1, -0.05) is 12.8 Å². The third-order valence-corrected chi connectivity index (χ3v) is 6.85. The lowest BCUT2D eigenvalue weighted by Crippen LogP contribution is -2.38. The van der Waals surface area contributed by atoms with Crippen LogP contribution in [0, 0.1) is 11.8 Å². The first-order valence-electron chi connectivity index (χ1n) is 10.8. The lowest BCUT2D eigenvalue weighted by molar-refractivity contribution is 0.163. The van der Waals surface area contributed by atoms with Gasteiger partial charge in [-0.25, -0.2) is 9.99 Å². The van der Waals surface area contributed by atoms with Crippen LogP contribution in [0.4, 0.5) is 5.82 Å². The van der Waals surface area contributed by atoms with Gasteiger partial charge in [0, 0.05) is 32.3 Å². The lowest BCUT2D eigenvalue weighted by Gasteiger charge is -2.33. The van der Waals surface area contributed by atoms with E-state index in [-0.39, 0.29) is 5.28 Å². The molecule has 2 aromatic rings. The molecule has 3 aliphatic rings. The third kappa shape index (κ3) is 3.84. The Bertz CT molecular complexity index is 806. The molecular weight excluding hydrogens is 376 g/mol. The number of hydrogen-bond donors (Lipinski definition) is 1. The number of nitrogens with one attached hydrogen (secondary N) is 1. The second kappa shape index (κ2) is 8.13. The van der Waals surface area contributed by atoms with Gasteiger partial charge in [-0.3, -0.25) is 0 Å². The molecule has 2 aromatic heterocycles. The molecule has 3 fully saturated rings. The van der Waals surface area contributed by atoms with Crippen LogP contribution in [0.1, 0.15) is 57.4 Å². The average molecular weight is 405 g/mol. The minimum atomic E-state index is 0.283. The maximum atomic E-state index is 6.26. The van der Waals surface area contributed by atoms with Gasteiger partial charge >= 0.3 is 0 Å². The van der Waals surface area contributed by atoms with Crippen molar-refractivity contribution >= 4 is 28.6 Å². The Balaban J connectivity index is 1.26. The number of nitrogens with zero attached hydrogens (tertiary/aromatic N) is 5. The third-order valence-electron chi connectivity index (χ3n) is 6.68. The molecule has 0 spiro atoms. The minimum absolute atomic E-state index is 0.283. The summed E-state index contributed by atoms with van der Waals surface area (Å²) in [6, 6.07) is 0.485. The van der Waals surface area contributed by atoms with Gasteiger partial charge in [0.05, 0.1) is 6.33 Å². The molecule has 8 heteroatoms. The molecule has 0 bridgehead atoms. The molecule has 1 N–H and O–H groups in total. The van der Waals surface area contributed by atoms with Crippen LogP contribution >= 0.6 is 11.6 Å². The first-order valence-corrected chi connectivity index (χ1v) is 11.1. The number of halogens is 1. The molecule has 1 unspecified atom stereocenters. The van der Waals surface area contributed by atoms with E-state index >= 15 is 0 Å². The monoisotopic (exact) mass is 404 g/mol. The van der Waals surface area contributed by atoms with E-state index in [1.54, 1.807) is 0 Å². The van der Waals surface area contributed by atoms with Gasteiger partial charge in [0.15, 0.2) is 17.0 Å². The van der Waals surface area contributed by atoms with Gasteiger partial charge in [-0.15, -0.1) is 0 Å². The van der Waals surface area contributed by atoms with Crippen molar-refractivity contribution in [2.75, 3.05) is 31.7 Å². The fourth-order valence-corrected chi connectivity index (χ4v) is 5.25. The first kappa shape index (κ1) is 18.6. The minimum Gasteiger partial charge on any atom is -0.381 e. The topological polar surface area (TPSA) is 68.1 Å². The highest BCUT2D eigenvalue weighted by atomic mass is 35.5. The number of imidazole rings is 1. The lowest BCUT2D eigenvalue weighted by atomic mass is 9.87. The van der Waals surface area contributed by atoms with E-state index in [2.05, 4.69) is 30.0 Å². The zero-order chi connectivity index (χ0) is 18.9. The second-order valence-corrected chi connectivity index (χ2v) is 8.95. The molecular formula is C20H29ClN6O. The summed E-state index contributed by atoms with van der Waals surface area (Å²) in [7, 11) is 0. The molecule has 0 amide bonds. The molecule has 1 saturated carbocycles. The Morgan fingerprint density at radius 2 is 1.89 bits per heavy atom. The molecule has 5 rings (SSSR count). The van der Waals surface area contributed by atoms with E-state index in [9.17, 15) is 0 Å². The number of fused-ring (bicyclic) bond motifs is 1. The highest BCUT2D eigenvalue weighted by molar-refractivity contribution is 6.28. The van der Waals surface area contributed by atoms with Crippen LogP contribution in [0.5, 0.6) is 0 Å². The zero-order valence-electron chi connectivity index (χ0n) is 16.3. The van der Waals surface area contributed by atoms with Crippen molar-refractivity contribution in [3.8, 4) is 0 Å². The highest BCUT2D eigenvalue weighted by Crippen LogP contribution is 2.33. The van der Waals surface area contributed by atoms with Crippen LogP contribution in [-0.4, -0.2) is 50.8 Å². The summed E-state index contributed by atoms with van der Waals surface area (Å²) in [5.41, 5.74) is 5.15. The quantitative estimate of drug-likeness (QED) is 0.758. The molecule has 4 heterocycles. The summed E-state index contributed by atoms with van der Waals surface area (Å²) < 4.78 is 7.72. The summed E-state index contributed by atoms with van der Waals surface area (Å²) >= 11 is 6.26. The standard InChI is InChI=1S/C20H29ClN6O/c21-20-23-18(17-19(24-20)27(13-22-17)16-3-1-2-4-16)25-26-8-5-14(6-9-26)11-15-7-10-28-12-15/h13-16H,1-12H2,(H,23,24,25). The van der Waals surface area contributed by atoms with Crippen LogP contribution in [0.3, 0.4) is 0 Å². The predicted molar refractivity (Wildman–Crippen MR) is 109 cm³/mol. The Kier molecular flexibility index (Phi) is 5.39. The van der Waals surface area contributed by atoms with E-state index in [1.165, 1.54) is 51.4 Å². The number of piperidine rings is 1. The average Bonchev–Trinajstić information content (AvgIpc) is 3.44. The van der Waals surface area contributed by atoms with Gasteiger partial charge in [-0.2, -0.15) is 9.97 Å². The van der Waals surface area contributed by atoms with Crippen molar-refractivity contribution in [1.82, 2.24) is 24.5 Å². The highest BCUT2D eigenvalue weighted by Gasteiger charge is 2.26. The summed E-state index contributed by atoms with van der Waals surface area (Å²) in [5, 5.41) is 2.54. The molecule has 2 aliphatic heterocycles. The summed E-state index contributed by atoms with van der Waals surface area (Å²) in [5.74, 6) is 2.30. The van der Waals surface area contributed by atoms with E-state index in [0.717, 1.165) is 55.1 Å². The fraction of sp³-hybridized carbons (Fsp3) is 0.750. The van der Waals surface area contributed by atoms with Crippen LogP contribution < -0.4 is 5.43 Å². The van der Waals surface area contributed by atoms with Crippen molar-refractivity contribution < 1.29 is 4.74 Å². The van der Waals surface area contributed by atoms with Crippen LogP contribution in [0.15, 0.2) is 6.33 Å². The Hall–Kier alpha value is -1.44. The molecule has 28 heavy (non-hydrogen) atoms. The molecule has 1 atom stereocenters. The zero-order valence-corrected chi connectivity index (χ0v) is 17.1. The maximum Gasteiger partial charge on any atom is 0.226 e. The number of rotatable bonds is 5. The number of aromatic nitrogens is 4. The van der Waals surface area contributed by atoms with Gasteiger partial charge in [0.25, 0.3) is 0 Å². The van der Waals surface area contributed by atoms with Gasteiger partial charge < -0.3 is 14.7 Å². The van der Waals surface area contributed by atoms with Gasteiger partial charge in [-0.05, 0) is 62.0 Å². The Morgan fingerprint density at radius 3 is 2.64 bits per heavy atom. The molecule has 0 radical (unpaired) electrons. The molecule has 7 nitrogen and oxygen atoms in total. The van der Waals surface area contributed by atoms with Crippen LogP contribution in [-0.2, 0) is 4.74 Å². The van der Waals surface area contributed by atoms with E-state index in [0.29, 0.717) is 6.04 Å². The van der Waals surface area contributed by atoms with E-state index < -0.39 is 0 Å². The number of ether oxygens (including phenoxy) is 1. The number of hydrogen-bond acceptors (Lipinski definition) is 6. The van der Waals surface area contributed by atoms with Crippen molar-refractivity contribution in [3.63, 3.8) is 0 Å². The number of hydrazine groups is 1. The fourth-order valence-electron chi connectivity index (χ4n) is 5.09. The van der Waals surface area contributed by atoms with Crippen molar-refractivity contribution in [3.05, 3.63) is 11.6 Å². The molecule has 1 aliphatic carbocycles. The van der Waals surface area contributed by atoms with Crippen molar-refractivity contribution in [1.29, 1.82) is 0 Å². The Morgan fingerprint density at radius 1 is 1.07 bits per heavy atom. The molecule has 152 valence electrons. The SMILES string of the molecule is Clc1nc(NN2CCC(CC3CCOC3)CC2)c2ncn(C3CCCC3)c2n1.